The maximum atomic E-state index is 12.1. The Morgan fingerprint density at radius 2 is 2.00 bits per heavy atom. The lowest BCUT2D eigenvalue weighted by atomic mass is 9.90. The third kappa shape index (κ3) is 6.28. The summed E-state index contributed by atoms with van der Waals surface area (Å²) in [5.74, 6) is -0.118. The molecule has 1 amide bonds. The number of alkyl halides is 1. The minimum Gasteiger partial charge on any atom is -0.351 e. The molecule has 1 rings (SSSR count). The van der Waals surface area contributed by atoms with E-state index in [-0.39, 0.29) is 16.7 Å². The number of nitrogens with one attached hydrogen (secondary N) is 1. The van der Waals surface area contributed by atoms with E-state index in [1.54, 1.807) is 6.07 Å². The molecule has 106 valence electrons. The number of amides is 1. The van der Waals surface area contributed by atoms with Crippen LogP contribution in [0.5, 0.6) is 0 Å². The summed E-state index contributed by atoms with van der Waals surface area (Å²) >= 11 is 13.0. The minimum absolute atomic E-state index is 0.0603. The van der Waals surface area contributed by atoms with E-state index in [9.17, 15) is 4.79 Å². The zero-order valence-electron chi connectivity index (χ0n) is 11.3. The van der Waals surface area contributed by atoms with Gasteiger partial charge in [0.2, 0.25) is 0 Å². The molecule has 1 N–H and O–H groups in total. The quantitative estimate of drug-likeness (QED) is 0.695. The Balaban J connectivity index is 2.58. The van der Waals surface area contributed by atoms with Gasteiger partial charge in [0, 0.05) is 15.5 Å². The van der Waals surface area contributed by atoms with Gasteiger partial charge in [-0.05, 0) is 46.0 Å². The van der Waals surface area contributed by atoms with Crippen LogP contribution in [-0.4, -0.2) is 17.8 Å². The number of carbonyl (C=O) groups excluding carboxylic acids is 1. The van der Waals surface area contributed by atoms with E-state index in [1.165, 1.54) is 0 Å². The molecule has 1 aromatic rings. The molecule has 0 aromatic heterocycles. The summed E-state index contributed by atoms with van der Waals surface area (Å²) in [6.07, 6.45) is 0.856. The second-order valence-corrected chi connectivity index (χ2v) is 8.08. The van der Waals surface area contributed by atoms with Gasteiger partial charge in [-0.3, -0.25) is 4.79 Å². The number of carbonyl (C=O) groups is 1. The van der Waals surface area contributed by atoms with Gasteiger partial charge < -0.3 is 5.32 Å². The number of benzene rings is 1. The first-order chi connectivity index (χ1) is 8.69. The predicted molar refractivity (Wildman–Crippen MR) is 87.9 cm³/mol. The van der Waals surface area contributed by atoms with Crippen molar-refractivity contribution in [3.8, 4) is 0 Å². The zero-order chi connectivity index (χ0) is 14.6. The summed E-state index contributed by atoms with van der Waals surface area (Å²) in [6, 6.07) is 5.50. The SMILES string of the molecule is CC(C)(C)CC(Cl)CNC(=O)c1cc(Br)ccc1Br. The highest BCUT2D eigenvalue weighted by molar-refractivity contribution is 9.11. The van der Waals surface area contributed by atoms with Crippen LogP contribution < -0.4 is 5.32 Å². The summed E-state index contributed by atoms with van der Waals surface area (Å²) in [4.78, 5) is 12.1. The highest BCUT2D eigenvalue weighted by Gasteiger charge is 2.18. The van der Waals surface area contributed by atoms with Crippen molar-refractivity contribution in [3.63, 3.8) is 0 Å². The lowest BCUT2D eigenvalue weighted by molar-refractivity contribution is 0.0951. The van der Waals surface area contributed by atoms with Gasteiger partial charge in [0.05, 0.1) is 10.9 Å². The van der Waals surface area contributed by atoms with Crippen molar-refractivity contribution in [1.82, 2.24) is 5.32 Å². The molecule has 0 heterocycles. The van der Waals surface area contributed by atoms with Crippen molar-refractivity contribution in [2.24, 2.45) is 5.41 Å². The molecule has 1 unspecified atom stereocenters. The van der Waals surface area contributed by atoms with Gasteiger partial charge in [-0.1, -0.05) is 36.7 Å². The summed E-state index contributed by atoms with van der Waals surface area (Å²) in [5, 5.41) is 2.81. The van der Waals surface area contributed by atoms with E-state index in [0.717, 1.165) is 15.4 Å². The van der Waals surface area contributed by atoms with Crippen LogP contribution in [0, 0.1) is 5.41 Å². The smallest absolute Gasteiger partial charge is 0.252 e. The van der Waals surface area contributed by atoms with Crippen LogP contribution >= 0.6 is 43.5 Å². The largest absolute Gasteiger partial charge is 0.351 e. The topological polar surface area (TPSA) is 29.1 Å². The third-order valence-electron chi connectivity index (χ3n) is 2.49. The molecule has 0 aliphatic carbocycles. The van der Waals surface area contributed by atoms with Crippen LogP contribution in [-0.2, 0) is 0 Å². The van der Waals surface area contributed by atoms with Crippen LogP contribution in [0.3, 0.4) is 0 Å². The second-order valence-electron chi connectivity index (χ2n) is 5.70. The van der Waals surface area contributed by atoms with Crippen molar-refractivity contribution in [2.75, 3.05) is 6.54 Å². The summed E-state index contributed by atoms with van der Waals surface area (Å²) in [7, 11) is 0. The Labute approximate surface area is 136 Å². The Hall–Kier alpha value is -0.0600. The lowest BCUT2D eigenvalue weighted by Gasteiger charge is -2.22. The Bertz CT molecular complexity index is 457. The molecule has 0 saturated heterocycles. The second kappa shape index (κ2) is 7.09. The number of halogens is 3. The van der Waals surface area contributed by atoms with E-state index >= 15 is 0 Å². The molecule has 0 fully saturated rings. The molecule has 0 radical (unpaired) electrons. The fourth-order valence-corrected chi connectivity index (χ4v) is 3.03. The summed E-state index contributed by atoms with van der Waals surface area (Å²) in [5.41, 5.74) is 0.766. The first-order valence-electron chi connectivity index (χ1n) is 6.06. The van der Waals surface area contributed by atoms with E-state index in [0.29, 0.717) is 12.1 Å². The van der Waals surface area contributed by atoms with Crippen molar-refractivity contribution >= 4 is 49.4 Å². The molecule has 19 heavy (non-hydrogen) atoms. The molecule has 0 saturated carbocycles. The van der Waals surface area contributed by atoms with Crippen LogP contribution in [0.4, 0.5) is 0 Å². The van der Waals surface area contributed by atoms with Gasteiger partial charge in [-0.15, -0.1) is 11.6 Å². The molecule has 0 aliphatic rings. The van der Waals surface area contributed by atoms with Gasteiger partial charge in [0.1, 0.15) is 0 Å². The van der Waals surface area contributed by atoms with Crippen LogP contribution in [0.2, 0.25) is 0 Å². The first-order valence-corrected chi connectivity index (χ1v) is 8.08. The maximum Gasteiger partial charge on any atom is 0.252 e. The van der Waals surface area contributed by atoms with Gasteiger partial charge in [0.25, 0.3) is 5.91 Å². The van der Waals surface area contributed by atoms with E-state index < -0.39 is 0 Å². The molecule has 0 bridgehead atoms. The first kappa shape index (κ1) is 17.0. The molecule has 0 spiro atoms. The molecular weight excluding hydrogens is 393 g/mol. The molecular formula is C14H18Br2ClNO. The maximum absolute atomic E-state index is 12.1. The molecule has 2 nitrogen and oxygen atoms in total. The van der Waals surface area contributed by atoms with Crippen molar-refractivity contribution in [3.05, 3.63) is 32.7 Å². The van der Waals surface area contributed by atoms with Gasteiger partial charge in [-0.25, -0.2) is 0 Å². The van der Waals surface area contributed by atoms with Crippen LogP contribution in [0.1, 0.15) is 37.6 Å². The standard InChI is InChI=1S/C14H18Br2ClNO/c1-14(2,3)7-10(17)8-18-13(19)11-6-9(15)4-5-12(11)16/h4-6,10H,7-8H2,1-3H3,(H,18,19). The number of hydrogen-bond donors (Lipinski definition) is 1. The van der Waals surface area contributed by atoms with Crippen molar-refractivity contribution < 1.29 is 4.79 Å². The Morgan fingerprint density at radius 3 is 2.58 bits per heavy atom. The van der Waals surface area contributed by atoms with Gasteiger partial charge in [0.15, 0.2) is 0 Å². The molecule has 1 aromatic carbocycles. The van der Waals surface area contributed by atoms with Crippen LogP contribution in [0.15, 0.2) is 27.1 Å². The molecule has 0 aliphatic heterocycles. The Morgan fingerprint density at radius 1 is 1.37 bits per heavy atom. The molecule has 1 atom stereocenters. The van der Waals surface area contributed by atoms with Crippen molar-refractivity contribution in [1.29, 1.82) is 0 Å². The fraction of sp³-hybridized carbons (Fsp3) is 0.500. The highest BCUT2D eigenvalue weighted by atomic mass is 79.9. The minimum atomic E-state index is -0.118. The van der Waals surface area contributed by atoms with Crippen molar-refractivity contribution in [2.45, 2.75) is 32.6 Å². The summed E-state index contributed by atoms with van der Waals surface area (Å²) in [6.45, 7) is 6.87. The van der Waals surface area contributed by atoms with E-state index in [1.807, 2.05) is 12.1 Å². The normalized spacial score (nSPS) is 13.2. The Kier molecular flexibility index (Phi) is 6.34. The average molecular weight is 412 g/mol. The fourth-order valence-electron chi connectivity index (χ4n) is 1.71. The monoisotopic (exact) mass is 409 g/mol. The van der Waals surface area contributed by atoms with Gasteiger partial charge in [-0.2, -0.15) is 0 Å². The third-order valence-corrected chi connectivity index (χ3v) is 3.98. The zero-order valence-corrected chi connectivity index (χ0v) is 15.2. The predicted octanol–water partition coefficient (Wildman–Crippen LogP) is 4.99. The lowest BCUT2D eigenvalue weighted by Crippen LogP contribution is -2.31. The van der Waals surface area contributed by atoms with Gasteiger partial charge >= 0.3 is 0 Å². The molecule has 5 heteroatoms. The number of rotatable bonds is 4. The highest BCUT2D eigenvalue weighted by Crippen LogP contribution is 2.24. The average Bonchev–Trinajstić information content (AvgIpc) is 2.27. The number of hydrogen-bond acceptors (Lipinski definition) is 1. The van der Waals surface area contributed by atoms with E-state index in [4.69, 9.17) is 11.6 Å². The van der Waals surface area contributed by atoms with Crippen LogP contribution in [0.25, 0.3) is 0 Å². The summed E-state index contributed by atoms with van der Waals surface area (Å²) < 4.78 is 1.65. The van der Waals surface area contributed by atoms with E-state index in [2.05, 4.69) is 57.9 Å².